The van der Waals surface area contributed by atoms with Crippen LogP contribution >= 0.6 is 15.9 Å². The molecule has 0 bridgehead atoms. The van der Waals surface area contributed by atoms with Crippen LogP contribution in [-0.4, -0.2) is 19.2 Å². The van der Waals surface area contributed by atoms with Crippen LogP contribution in [0.5, 0.6) is 11.5 Å². The number of rotatable bonds is 3. The lowest BCUT2D eigenvalue weighted by Gasteiger charge is -2.09. The summed E-state index contributed by atoms with van der Waals surface area (Å²) in [4.78, 5) is 4.49. The Kier molecular flexibility index (Phi) is 3.47. The van der Waals surface area contributed by atoms with Gasteiger partial charge >= 0.3 is 0 Å². The number of fused-ring (bicyclic) bond motifs is 1. The molecule has 0 saturated carbocycles. The Morgan fingerprint density at radius 3 is 2.43 bits per heavy atom. The van der Waals surface area contributed by atoms with Crippen LogP contribution in [0.3, 0.4) is 0 Å². The summed E-state index contributed by atoms with van der Waals surface area (Å²) in [5.41, 5.74) is 8.36. The van der Waals surface area contributed by atoms with Crippen LogP contribution in [0.4, 0.5) is 5.69 Å². The molecule has 3 rings (SSSR count). The highest BCUT2D eigenvalue weighted by Gasteiger charge is 2.19. The summed E-state index contributed by atoms with van der Waals surface area (Å²) >= 11 is 3.39. The van der Waals surface area contributed by atoms with Gasteiger partial charge in [0, 0.05) is 4.47 Å². The molecular formula is C15H13BrN2O3. The first-order valence-corrected chi connectivity index (χ1v) is 7.00. The second kappa shape index (κ2) is 5.29. The molecule has 0 aliphatic rings. The van der Waals surface area contributed by atoms with Gasteiger partial charge in [-0.15, -0.1) is 0 Å². The van der Waals surface area contributed by atoms with E-state index in [1.54, 1.807) is 20.3 Å². The van der Waals surface area contributed by atoms with Crippen LogP contribution in [0.1, 0.15) is 0 Å². The Morgan fingerprint density at radius 1 is 1.14 bits per heavy atom. The zero-order chi connectivity index (χ0) is 15.0. The first kappa shape index (κ1) is 13.8. The van der Waals surface area contributed by atoms with Gasteiger partial charge in [-0.05, 0) is 24.3 Å². The summed E-state index contributed by atoms with van der Waals surface area (Å²) in [5, 5.41) is 0. The van der Waals surface area contributed by atoms with Crippen molar-refractivity contribution in [1.82, 2.24) is 4.98 Å². The maximum absolute atomic E-state index is 5.96. The molecule has 0 aliphatic heterocycles. The molecule has 5 nitrogen and oxygen atoms in total. The number of oxazole rings is 1. The van der Waals surface area contributed by atoms with Crippen molar-refractivity contribution in [2.24, 2.45) is 0 Å². The maximum atomic E-state index is 5.96. The van der Waals surface area contributed by atoms with E-state index in [0.717, 1.165) is 4.47 Å². The Labute approximate surface area is 129 Å². The van der Waals surface area contributed by atoms with Crippen LogP contribution in [-0.2, 0) is 0 Å². The average Bonchev–Trinajstić information content (AvgIpc) is 2.90. The van der Waals surface area contributed by atoms with E-state index in [-0.39, 0.29) is 0 Å². The summed E-state index contributed by atoms with van der Waals surface area (Å²) in [6.45, 7) is 0. The number of hydrogen-bond donors (Lipinski definition) is 1. The minimum Gasteiger partial charge on any atom is -0.496 e. The monoisotopic (exact) mass is 348 g/mol. The van der Waals surface area contributed by atoms with Crippen LogP contribution < -0.4 is 15.2 Å². The van der Waals surface area contributed by atoms with E-state index >= 15 is 0 Å². The normalized spacial score (nSPS) is 10.8. The number of anilines is 1. The molecule has 1 aromatic heterocycles. The zero-order valence-corrected chi connectivity index (χ0v) is 13.1. The minimum atomic E-state index is 0.407. The average molecular weight is 349 g/mol. The summed E-state index contributed by atoms with van der Waals surface area (Å²) in [6.07, 6.45) is 0. The van der Waals surface area contributed by atoms with E-state index in [1.807, 2.05) is 24.3 Å². The number of nitrogens with two attached hydrogens (primary N) is 1. The Morgan fingerprint density at radius 2 is 1.81 bits per heavy atom. The molecule has 6 heteroatoms. The predicted molar refractivity (Wildman–Crippen MR) is 84.7 cm³/mol. The minimum absolute atomic E-state index is 0.407. The highest BCUT2D eigenvalue weighted by molar-refractivity contribution is 9.10. The van der Waals surface area contributed by atoms with Gasteiger partial charge in [0.2, 0.25) is 5.89 Å². The fraction of sp³-hybridized carbons (Fsp3) is 0.133. The van der Waals surface area contributed by atoms with Crippen LogP contribution in [0.2, 0.25) is 0 Å². The van der Waals surface area contributed by atoms with Crippen LogP contribution in [0.25, 0.3) is 22.6 Å². The second-order valence-corrected chi connectivity index (χ2v) is 5.32. The van der Waals surface area contributed by atoms with E-state index in [9.17, 15) is 0 Å². The molecule has 108 valence electrons. The van der Waals surface area contributed by atoms with Gasteiger partial charge in [0.1, 0.15) is 22.6 Å². The first-order valence-electron chi connectivity index (χ1n) is 6.21. The summed E-state index contributed by atoms with van der Waals surface area (Å²) < 4.78 is 17.4. The summed E-state index contributed by atoms with van der Waals surface area (Å²) in [5.74, 6) is 1.65. The summed E-state index contributed by atoms with van der Waals surface area (Å²) in [7, 11) is 3.18. The Bertz CT molecular complexity index is 792. The van der Waals surface area contributed by atoms with Crippen LogP contribution in [0.15, 0.2) is 39.2 Å². The molecular weight excluding hydrogens is 336 g/mol. The van der Waals surface area contributed by atoms with Gasteiger partial charge in [0.25, 0.3) is 0 Å². The van der Waals surface area contributed by atoms with Crippen molar-refractivity contribution in [2.75, 3.05) is 20.0 Å². The largest absolute Gasteiger partial charge is 0.496 e. The molecule has 0 amide bonds. The fourth-order valence-corrected chi connectivity index (χ4v) is 2.66. The lowest BCUT2D eigenvalue weighted by Crippen LogP contribution is -1.92. The van der Waals surface area contributed by atoms with Crippen molar-refractivity contribution in [3.63, 3.8) is 0 Å². The van der Waals surface area contributed by atoms with Gasteiger partial charge in [-0.1, -0.05) is 22.0 Å². The molecule has 0 unspecified atom stereocenters. The fourth-order valence-electron chi connectivity index (χ4n) is 2.19. The molecule has 0 atom stereocenters. The number of benzene rings is 2. The van der Waals surface area contributed by atoms with Gasteiger partial charge in [-0.3, -0.25) is 0 Å². The topological polar surface area (TPSA) is 70.5 Å². The molecule has 0 fully saturated rings. The highest BCUT2D eigenvalue weighted by Crippen LogP contribution is 2.40. The van der Waals surface area contributed by atoms with Gasteiger partial charge in [-0.2, -0.15) is 0 Å². The molecule has 0 radical (unpaired) electrons. The van der Waals surface area contributed by atoms with Crippen molar-refractivity contribution in [1.29, 1.82) is 0 Å². The van der Waals surface area contributed by atoms with Crippen molar-refractivity contribution in [3.05, 3.63) is 34.8 Å². The zero-order valence-electron chi connectivity index (χ0n) is 11.5. The number of methoxy groups -OCH3 is 2. The quantitative estimate of drug-likeness (QED) is 0.727. The lowest BCUT2D eigenvalue weighted by atomic mass is 10.1. The third-order valence-corrected chi connectivity index (χ3v) is 3.58. The highest BCUT2D eigenvalue weighted by atomic mass is 79.9. The van der Waals surface area contributed by atoms with Gasteiger partial charge in [0.05, 0.1) is 19.9 Å². The van der Waals surface area contributed by atoms with E-state index in [2.05, 4.69) is 20.9 Å². The maximum Gasteiger partial charge on any atom is 0.235 e. The van der Waals surface area contributed by atoms with E-state index in [1.165, 1.54) is 0 Å². The molecule has 21 heavy (non-hydrogen) atoms. The van der Waals surface area contributed by atoms with Crippen molar-refractivity contribution in [3.8, 4) is 23.0 Å². The van der Waals surface area contributed by atoms with E-state index in [0.29, 0.717) is 39.7 Å². The number of aromatic nitrogens is 1. The van der Waals surface area contributed by atoms with Gasteiger partial charge in [-0.25, -0.2) is 4.98 Å². The molecule has 3 aromatic rings. The molecule has 2 N–H and O–H groups in total. The number of nitrogen functional groups attached to an aromatic ring is 1. The number of halogens is 1. The SMILES string of the molecule is COc1cccc(OC)c1-c1nc2cc(Br)cc(N)c2o1. The van der Waals surface area contributed by atoms with Crippen LogP contribution in [0, 0.1) is 0 Å². The van der Waals surface area contributed by atoms with E-state index < -0.39 is 0 Å². The molecule has 0 saturated heterocycles. The van der Waals surface area contributed by atoms with Crippen molar-refractivity contribution >= 4 is 32.7 Å². The first-order chi connectivity index (χ1) is 10.1. The third kappa shape index (κ3) is 2.31. The number of hydrogen-bond acceptors (Lipinski definition) is 5. The summed E-state index contributed by atoms with van der Waals surface area (Å²) in [6, 6.07) is 9.12. The van der Waals surface area contributed by atoms with Crippen molar-refractivity contribution < 1.29 is 13.9 Å². The molecule has 0 spiro atoms. The molecule has 1 heterocycles. The standard InChI is InChI=1S/C15H13BrN2O3/c1-19-11-4-3-5-12(20-2)13(11)15-18-10-7-8(16)6-9(17)14(10)21-15/h3-7H,17H2,1-2H3. The Balaban J connectivity index is 2.28. The Hall–Kier alpha value is -2.21. The smallest absolute Gasteiger partial charge is 0.235 e. The number of nitrogens with zero attached hydrogens (tertiary/aromatic N) is 1. The molecule has 2 aromatic carbocycles. The third-order valence-electron chi connectivity index (χ3n) is 3.13. The van der Waals surface area contributed by atoms with Crippen molar-refractivity contribution in [2.45, 2.75) is 0 Å². The molecule has 0 aliphatic carbocycles. The second-order valence-electron chi connectivity index (χ2n) is 4.40. The number of ether oxygens (including phenoxy) is 2. The van der Waals surface area contributed by atoms with Gasteiger partial charge in [0.15, 0.2) is 5.58 Å². The van der Waals surface area contributed by atoms with E-state index in [4.69, 9.17) is 19.6 Å². The lowest BCUT2D eigenvalue weighted by molar-refractivity contribution is 0.394. The predicted octanol–water partition coefficient (Wildman–Crippen LogP) is 3.86. The van der Waals surface area contributed by atoms with Gasteiger partial charge < -0.3 is 19.6 Å².